The number of nitrogens with one attached hydrogen (secondary N) is 1. The van der Waals surface area contributed by atoms with Crippen LogP contribution in [0, 0.1) is 6.92 Å². The summed E-state index contributed by atoms with van der Waals surface area (Å²) in [5.74, 6) is 0.880. The van der Waals surface area contributed by atoms with Gasteiger partial charge in [0.05, 0.1) is 16.9 Å². The van der Waals surface area contributed by atoms with Crippen molar-refractivity contribution in [3.8, 4) is 0 Å². The third kappa shape index (κ3) is 5.06. The normalized spacial score (nSPS) is 15.5. The molecule has 0 atom stereocenters. The molecule has 1 aliphatic rings. The van der Waals surface area contributed by atoms with Crippen molar-refractivity contribution in [2.24, 2.45) is 12.0 Å². The maximum Gasteiger partial charge on any atom is 0.246 e. The molecule has 0 saturated carbocycles. The van der Waals surface area contributed by atoms with Gasteiger partial charge in [0.2, 0.25) is 5.91 Å². The van der Waals surface area contributed by atoms with Crippen molar-refractivity contribution in [2.45, 2.75) is 26.7 Å². The third-order valence-electron chi connectivity index (χ3n) is 4.33. The lowest BCUT2D eigenvalue weighted by Gasteiger charge is -2.35. The molecule has 0 radical (unpaired) electrons. The minimum atomic E-state index is 0.0677. The van der Waals surface area contributed by atoms with Crippen LogP contribution in [-0.2, 0) is 18.3 Å². The van der Waals surface area contributed by atoms with E-state index in [1.807, 2.05) is 32.0 Å². The third-order valence-corrected chi connectivity index (χ3v) is 5.36. The molecule has 0 bridgehead atoms. The highest BCUT2D eigenvalue weighted by molar-refractivity contribution is 7.09. The summed E-state index contributed by atoms with van der Waals surface area (Å²) in [5.41, 5.74) is 1.93. The fourth-order valence-electron chi connectivity index (χ4n) is 3.03. The van der Waals surface area contributed by atoms with Crippen molar-refractivity contribution in [3.05, 3.63) is 28.5 Å². The molecule has 1 saturated heterocycles. The van der Waals surface area contributed by atoms with Crippen molar-refractivity contribution >= 4 is 28.9 Å². The van der Waals surface area contributed by atoms with E-state index >= 15 is 0 Å². The van der Waals surface area contributed by atoms with E-state index in [1.54, 1.807) is 27.1 Å². The molecule has 0 unspecified atom stereocenters. The van der Waals surface area contributed by atoms with Crippen LogP contribution < -0.4 is 10.2 Å². The summed E-state index contributed by atoms with van der Waals surface area (Å²) in [6.07, 6.45) is 5.49. The van der Waals surface area contributed by atoms with Gasteiger partial charge >= 0.3 is 0 Å². The molecule has 27 heavy (non-hydrogen) atoms. The number of carbonyl (C=O) groups is 1. The van der Waals surface area contributed by atoms with Gasteiger partial charge in [-0.1, -0.05) is 0 Å². The van der Waals surface area contributed by atoms with Crippen LogP contribution >= 0.6 is 11.3 Å². The monoisotopic (exact) mass is 389 g/mol. The number of carbonyl (C=O) groups excluding carboxylic acids is 1. The molecule has 1 amide bonds. The zero-order chi connectivity index (χ0) is 19.2. The molecule has 9 heteroatoms. The number of guanidine groups is 1. The van der Waals surface area contributed by atoms with Crippen LogP contribution in [-0.4, -0.2) is 64.3 Å². The average molecular weight is 390 g/mol. The molecule has 0 spiro atoms. The molecule has 3 heterocycles. The quantitative estimate of drug-likeness (QED) is 0.459. The molecule has 146 valence electrons. The van der Waals surface area contributed by atoms with Crippen molar-refractivity contribution in [2.75, 3.05) is 37.6 Å². The van der Waals surface area contributed by atoms with E-state index in [2.05, 4.69) is 20.8 Å². The summed E-state index contributed by atoms with van der Waals surface area (Å²) in [6.45, 7) is 7.27. The molecule has 0 aliphatic carbocycles. The Hall–Kier alpha value is -2.42. The number of aryl methyl sites for hydroxylation is 3. The van der Waals surface area contributed by atoms with Gasteiger partial charge in [0.1, 0.15) is 6.54 Å². The number of thiazole rings is 1. The fourth-order valence-corrected chi connectivity index (χ4v) is 3.85. The molecule has 1 aliphatic heterocycles. The Bertz CT molecular complexity index is 797. The van der Waals surface area contributed by atoms with E-state index in [0.29, 0.717) is 13.1 Å². The molecule has 0 aromatic carbocycles. The maximum atomic E-state index is 12.6. The van der Waals surface area contributed by atoms with Gasteiger partial charge < -0.3 is 15.1 Å². The number of piperazine rings is 1. The Kier molecular flexibility index (Phi) is 6.44. The van der Waals surface area contributed by atoms with Crippen LogP contribution in [0.1, 0.15) is 24.0 Å². The number of aromatic nitrogens is 3. The lowest BCUT2D eigenvalue weighted by atomic mass is 10.3. The minimum Gasteiger partial charge on any atom is -0.357 e. The highest BCUT2D eigenvalue weighted by Gasteiger charge is 2.27. The molecule has 2 aromatic rings. The number of anilines is 1. The predicted molar refractivity (Wildman–Crippen MR) is 108 cm³/mol. The summed E-state index contributed by atoms with van der Waals surface area (Å²) in [7, 11) is 1.85. The molecule has 3 rings (SSSR count). The van der Waals surface area contributed by atoms with Crippen LogP contribution in [0.2, 0.25) is 0 Å². The average Bonchev–Trinajstić information content (AvgIpc) is 3.26. The van der Waals surface area contributed by atoms with Crippen LogP contribution in [0.25, 0.3) is 0 Å². The number of hydrogen-bond donors (Lipinski definition) is 1. The summed E-state index contributed by atoms with van der Waals surface area (Å²) in [4.78, 5) is 25.6. The maximum absolute atomic E-state index is 12.6. The topological polar surface area (TPSA) is 78.7 Å². The van der Waals surface area contributed by atoms with Crippen molar-refractivity contribution in [1.82, 2.24) is 25.0 Å². The van der Waals surface area contributed by atoms with Gasteiger partial charge in [-0.15, -0.1) is 11.3 Å². The Morgan fingerprint density at radius 3 is 2.89 bits per heavy atom. The van der Waals surface area contributed by atoms with E-state index in [4.69, 9.17) is 4.99 Å². The smallest absolute Gasteiger partial charge is 0.246 e. The van der Waals surface area contributed by atoms with Gasteiger partial charge in [-0.2, -0.15) is 5.10 Å². The summed E-state index contributed by atoms with van der Waals surface area (Å²) >= 11 is 1.70. The molecular formula is C18H27N7OS. The first-order chi connectivity index (χ1) is 13.1. The van der Waals surface area contributed by atoms with E-state index in [0.717, 1.165) is 54.8 Å². The second kappa shape index (κ2) is 8.98. The Morgan fingerprint density at radius 2 is 2.26 bits per heavy atom. The van der Waals surface area contributed by atoms with Crippen LogP contribution in [0.4, 0.5) is 5.69 Å². The molecule has 2 aromatic heterocycles. The lowest BCUT2D eigenvalue weighted by molar-refractivity contribution is -0.120. The lowest BCUT2D eigenvalue weighted by Crippen LogP contribution is -2.55. The molecule has 1 fully saturated rings. The van der Waals surface area contributed by atoms with E-state index in [1.165, 1.54) is 0 Å². The van der Waals surface area contributed by atoms with Gasteiger partial charge in [-0.3, -0.25) is 14.5 Å². The first-order valence-electron chi connectivity index (χ1n) is 9.30. The first-order valence-corrected chi connectivity index (χ1v) is 10.2. The largest absolute Gasteiger partial charge is 0.357 e. The second-order valence-electron chi connectivity index (χ2n) is 6.56. The zero-order valence-electron chi connectivity index (χ0n) is 16.2. The summed E-state index contributed by atoms with van der Waals surface area (Å²) < 4.78 is 1.71. The summed E-state index contributed by atoms with van der Waals surface area (Å²) in [5, 5.41) is 10.7. The Morgan fingerprint density at radius 1 is 1.41 bits per heavy atom. The van der Waals surface area contributed by atoms with Gasteiger partial charge in [0.25, 0.3) is 0 Å². The fraction of sp³-hybridized carbons (Fsp3) is 0.556. The van der Waals surface area contributed by atoms with E-state index in [-0.39, 0.29) is 5.91 Å². The van der Waals surface area contributed by atoms with Gasteiger partial charge in [-0.25, -0.2) is 4.98 Å². The standard InChI is InChI=1S/C18H27N7OS/c1-4-19-18(20-7-5-6-16-22-14(2)13-27-16)24-8-9-25(17(26)12-24)15-10-21-23(3)11-15/h10-11,13H,4-9,12H2,1-3H3,(H,19,20). The Balaban J connectivity index is 1.55. The molecule has 1 N–H and O–H groups in total. The first kappa shape index (κ1) is 19.3. The number of nitrogens with zero attached hydrogens (tertiary/aromatic N) is 6. The van der Waals surface area contributed by atoms with Gasteiger partial charge in [-0.05, 0) is 20.3 Å². The van der Waals surface area contributed by atoms with Gasteiger partial charge in [0.15, 0.2) is 5.96 Å². The number of hydrogen-bond acceptors (Lipinski definition) is 5. The summed E-state index contributed by atoms with van der Waals surface area (Å²) in [6, 6.07) is 0. The van der Waals surface area contributed by atoms with E-state index in [9.17, 15) is 4.79 Å². The van der Waals surface area contributed by atoms with Gasteiger partial charge in [0, 0.05) is 56.9 Å². The zero-order valence-corrected chi connectivity index (χ0v) is 17.0. The molecular weight excluding hydrogens is 362 g/mol. The second-order valence-corrected chi connectivity index (χ2v) is 7.50. The van der Waals surface area contributed by atoms with Crippen LogP contribution in [0.5, 0.6) is 0 Å². The van der Waals surface area contributed by atoms with Crippen molar-refractivity contribution in [1.29, 1.82) is 0 Å². The van der Waals surface area contributed by atoms with Crippen LogP contribution in [0.3, 0.4) is 0 Å². The minimum absolute atomic E-state index is 0.0677. The highest BCUT2D eigenvalue weighted by Crippen LogP contribution is 2.16. The van der Waals surface area contributed by atoms with Crippen molar-refractivity contribution in [3.63, 3.8) is 0 Å². The molecule has 8 nitrogen and oxygen atoms in total. The highest BCUT2D eigenvalue weighted by atomic mass is 32.1. The SMILES string of the molecule is CCNC(=NCCCc1nc(C)cs1)N1CCN(c2cnn(C)c2)C(=O)C1. The predicted octanol–water partition coefficient (Wildman–Crippen LogP) is 1.43. The van der Waals surface area contributed by atoms with Crippen LogP contribution in [0.15, 0.2) is 22.8 Å². The number of amides is 1. The van der Waals surface area contributed by atoms with Crippen molar-refractivity contribution < 1.29 is 4.79 Å². The number of aliphatic imine (C=N–C) groups is 1. The Labute approximate surface area is 163 Å². The number of rotatable bonds is 6. The van der Waals surface area contributed by atoms with E-state index < -0.39 is 0 Å².